The maximum Gasteiger partial charge on any atom is 0.267 e. The van der Waals surface area contributed by atoms with Crippen molar-refractivity contribution in [1.82, 2.24) is 4.98 Å². The Morgan fingerprint density at radius 1 is 1.73 bits per heavy atom. The normalized spacial score (nSPS) is 9.55. The molecule has 3 heteroatoms. The highest BCUT2D eigenvalue weighted by molar-refractivity contribution is 5.90. The van der Waals surface area contributed by atoms with E-state index >= 15 is 0 Å². The van der Waals surface area contributed by atoms with Gasteiger partial charge in [0, 0.05) is 7.62 Å². The van der Waals surface area contributed by atoms with Gasteiger partial charge in [-0.05, 0) is 18.1 Å². The lowest BCUT2D eigenvalue weighted by atomic mass is 10.2. The zero-order chi connectivity index (χ0) is 8.27. The molecule has 60 valence electrons. The van der Waals surface area contributed by atoms with Gasteiger partial charge in [0.05, 0.1) is 0 Å². The Hall–Kier alpha value is -1.38. The van der Waals surface area contributed by atoms with Crippen LogP contribution in [0.4, 0.5) is 0 Å². The fourth-order valence-corrected chi connectivity index (χ4v) is 0.779. The molecule has 1 rings (SSSR count). The number of pyridine rings is 1. The van der Waals surface area contributed by atoms with Gasteiger partial charge in [-0.25, -0.2) is 0 Å². The Balaban J connectivity index is 0.00000121. The Morgan fingerprint density at radius 3 is 2.82 bits per heavy atom. The zero-order valence-corrected chi connectivity index (χ0v) is 6.37. The van der Waals surface area contributed by atoms with Crippen LogP contribution in [0.3, 0.4) is 0 Å². The summed E-state index contributed by atoms with van der Waals surface area (Å²) in [6.07, 6.45) is 2.59. The predicted molar refractivity (Wildman–Crippen MR) is 44.2 cm³/mol. The maximum absolute atomic E-state index is 10.6. The van der Waals surface area contributed by atoms with Crippen molar-refractivity contribution in [1.29, 1.82) is 0 Å². The van der Waals surface area contributed by atoms with Crippen LogP contribution in [0.15, 0.2) is 18.3 Å². The van der Waals surface area contributed by atoms with Crippen molar-refractivity contribution in [3.63, 3.8) is 0 Å². The summed E-state index contributed by atoms with van der Waals surface area (Å²) in [5, 5.41) is 0. The summed E-state index contributed by atoms with van der Waals surface area (Å²) in [7, 11) is 0. The molecule has 0 aromatic carbocycles. The third-order valence-electron chi connectivity index (χ3n) is 1.49. The fraction of sp³-hybridized carbons (Fsp3) is 0.250. The van der Waals surface area contributed by atoms with E-state index in [1.807, 2.05) is 13.0 Å². The van der Waals surface area contributed by atoms with E-state index in [2.05, 4.69) is 4.98 Å². The summed E-state index contributed by atoms with van der Waals surface area (Å²) < 4.78 is 0. The Labute approximate surface area is 66.7 Å². The third-order valence-corrected chi connectivity index (χ3v) is 1.49. The van der Waals surface area contributed by atoms with Gasteiger partial charge in [0.25, 0.3) is 5.91 Å². The summed E-state index contributed by atoms with van der Waals surface area (Å²) in [6, 6.07) is 3.49. The van der Waals surface area contributed by atoms with Gasteiger partial charge >= 0.3 is 0 Å². The summed E-state index contributed by atoms with van der Waals surface area (Å²) in [6.45, 7) is 2.03. The molecule has 11 heavy (non-hydrogen) atoms. The van der Waals surface area contributed by atoms with Crippen molar-refractivity contribution in [2.45, 2.75) is 13.3 Å². The van der Waals surface area contributed by atoms with Crippen LogP contribution in [0.2, 0.25) is 0 Å². The quantitative estimate of drug-likeness (QED) is 0.687. The van der Waals surface area contributed by atoms with Gasteiger partial charge in [-0.1, -0.05) is 13.0 Å². The van der Waals surface area contributed by atoms with Gasteiger partial charge in [0.1, 0.15) is 5.69 Å². The molecule has 1 aromatic heterocycles. The van der Waals surface area contributed by atoms with Gasteiger partial charge in [0.15, 0.2) is 0 Å². The second-order valence-electron chi connectivity index (χ2n) is 2.27. The maximum atomic E-state index is 10.6. The van der Waals surface area contributed by atoms with Crippen LogP contribution in [-0.4, -0.2) is 10.9 Å². The van der Waals surface area contributed by atoms with E-state index in [0.29, 0.717) is 5.69 Å². The summed E-state index contributed by atoms with van der Waals surface area (Å²) in [5.41, 5.74) is 6.43. The van der Waals surface area contributed by atoms with Crippen molar-refractivity contribution in [3.05, 3.63) is 29.6 Å². The molecule has 0 unspecified atom stereocenters. The first-order valence-electron chi connectivity index (χ1n) is 3.48. The van der Waals surface area contributed by atoms with Gasteiger partial charge in [-0.15, -0.1) is 0 Å². The van der Waals surface area contributed by atoms with Crippen LogP contribution >= 0.6 is 0 Å². The number of rotatable bonds is 2. The Morgan fingerprint density at radius 2 is 2.45 bits per heavy atom. The molecule has 0 aliphatic carbocycles. The van der Waals surface area contributed by atoms with Crippen LogP contribution in [0.1, 0.15) is 24.4 Å². The molecular formula is C8H12N2O. The Kier molecular flexibility index (Phi) is 2.21. The lowest BCUT2D eigenvalue weighted by Crippen LogP contribution is -2.12. The van der Waals surface area contributed by atoms with Crippen LogP contribution < -0.4 is 5.73 Å². The zero-order valence-electron chi connectivity index (χ0n) is 6.37. The molecule has 0 radical (unpaired) electrons. The summed E-state index contributed by atoms with van der Waals surface area (Å²) in [4.78, 5) is 14.4. The highest BCUT2D eigenvalue weighted by atomic mass is 16.1. The molecule has 0 aliphatic rings. The lowest BCUT2D eigenvalue weighted by Gasteiger charge is -1.95. The molecule has 0 spiro atoms. The number of carbonyl (C=O) groups excluding carboxylic acids is 1. The average molecular weight is 152 g/mol. The first-order valence-corrected chi connectivity index (χ1v) is 3.48. The highest BCUT2D eigenvalue weighted by Gasteiger charge is 1.99. The molecule has 3 nitrogen and oxygen atoms in total. The first kappa shape index (κ1) is 7.72. The minimum absolute atomic E-state index is 0. The molecular weight excluding hydrogens is 140 g/mol. The van der Waals surface area contributed by atoms with Gasteiger partial charge in [-0.2, -0.15) is 0 Å². The number of hydrogen-bond acceptors (Lipinski definition) is 2. The van der Waals surface area contributed by atoms with Crippen LogP contribution in [0.5, 0.6) is 0 Å². The van der Waals surface area contributed by atoms with E-state index in [-0.39, 0.29) is 1.43 Å². The predicted octanol–water partition coefficient (Wildman–Crippen LogP) is 0.989. The molecule has 0 fully saturated rings. The van der Waals surface area contributed by atoms with E-state index < -0.39 is 5.91 Å². The first-order chi connectivity index (χ1) is 5.24. The van der Waals surface area contributed by atoms with Crippen molar-refractivity contribution in [2.75, 3.05) is 0 Å². The average Bonchev–Trinajstić information content (AvgIpc) is 2.05. The minimum Gasteiger partial charge on any atom is -0.364 e. The van der Waals surface area contributed by atoms with Crippen LogP contribution in [0.25, 0.3) is 0 Å². The van der Waals surface area contributed by atoms with E-state index in [4.69, 9.17) is 5.73 Å². The standard InChI is InChI=1S/C8H10N2O.H2/c1-2-6-3-4-7(8(9)11)10-5-6;/h3-5H,2H2,1H3,(H2,9,11);1H. The molecule has 1 amide bonds. The molecule has 0 saturated heterocycles. The largest absolute Gasteiger partial charge is 0.364 e. The molecule has 1 heterocycles. The van der Waals surface area contributed by atoms with E-state index in [9.17, 15) is 4.79 Å². The SMILES string of the molecule is CCc1ccc(C(N)=O)nc1.[HH]. The minimum atomic E-state index is -0.479. The smallest absolute Gasteiger partial charge is 0.267 e. The number of nitrogens with zero attached hydrogens (tertiary/aromatic N) is 1. The van der Waals surface area contributed by atoms with Crippen molar-refractivity contribution >= 4 is 5.91 Å². The third kappa shape index (κ3) is 1.77. The summed E-state index contributed by atoms with van der Waals surface area (Å²) >= 11 is 0. The van der Waals surface area contributed by atoms with Crippen LogP contribution in [-0.2, 0) is 6.42 Å². The van der Waals surface area contributed by atoms with E-state index in [0.717, 1.165) is 12.0 Å². The number of nitrogens with two attached hydrogens (primary N) is 1. The number of carbonyl (C=O) groups is 1. The molecule has 1 aromatic rings. The van der Waals surface area contributed by atoms with Gasteiger partial charge < -0.3 is 5.73 Å². The highest BCUT2D eigenvalue weighted by Crippen LogP contribution is 1.99. The monoisotopic (exact) mass is 152 g/mol. The number of primary amides is 1. The molecule has 0 aliphatic heterocycles. The van der Waals surface area contributed by atoms with Crippen molar-refractivity contribution in [2.24, 2.45) is 5.73 Å². The fourth-order valence-electron chi connectivity index (χ4n) is 0.779. The van der Waals surface area contributed by atoms with E-state index in [1.54, 1.807) is 12.3 Å². The van der Waals surface area contributed by atoms with Crippen molar-refractivity contribution < 1.29 is 6.22 Å². The number of hydrogen-bond donors (Lipinski definition) is 1. The van der Waals surface area contributed by atoms with Gasteiger partial charge in [-0.3, -0.25) is 9.78 Å². The molecule has 0 bridgehead atoms. The van der Waals surface area contributed by atoms with E-state index in [1.165, 1.54) is 0 Å². The molecule has 2 N–H and O–H groups in total. The number of aryl methyl sites for hydroxylation is 1. The topological polar surface area (TPSA) is 56.0 Å². The number of amides is 1. The molecule has 0 atom stereocenters. The lowest BCUT2D eigenvalue weighted by molar-refractivity contribution is 0.0995. The number of aromatic nitrogens is 1. The van der Waals surface area contributed by atoms with Crippen molar-refractivity contribution in [3.8, 4) is 0 Å². The Bertz CT molecular complexity index is 258. The second-order valence-corrected chi connectivity index (χ2v) is 2.27. The second kappa shape index (κ2) is 3.14. The summed E-state index contributed by atoms with van der Waals surface area (Å²) in [5.74, 6) is -0.479. The van der Waals surface area contributed by atoms with Crippen LogP contribution in [0, 0.1) is 0 Å². The van der Waals surface area contributed by atoms with Gasteiger partial charge in [0.2, 0.25) is 0 Å². The molecule has 0 saturated carbocycles.